The first-order chi connectivity index (χ1) is 12.1. The van der Waals surface area contributed by atoms with Gasteiger partial charge in [-0.25, -0.2) is 9.37 Å². The number of aryl methyl sites for hydroxylation is 1. The van der Waals surface area contributed by atoms with Crippen molar-refractivity contribution >= 4 is 11.8 Å². The van der Waals surface area contributed by atoms with Crippen LogP contribution in [0.2, 0.25) is 0 Å². The Morgan fingerprint density at radius 3 is 2.96 bits per heavy atom. The van der Waals surface area contributed by atoms with E-state index in [2.05, 4.69) is 11.1 Å². The second-order valence-corrected chi connectivity index (χ2v) is 7.02. The maximum Gasteiger partial charge on any atom is 0.165 e. The minimum Gasteiger partial charge on any atom is -0.488 e. The first-order valence-electron chi connectivity index (χ1n) is 8.20. The van der Waals surface area contributed by atoms with Crippen LogP contribution in [0.4, 0.5) is 4.39 Å². The van der Waals surface area contributed by atoms with Crippen LogP contribution in [0, 0.1) is 24.1 Å². The number of aliphatic hydroxyl groups is 1. The predicted octanol–water partition coefficient (Wildman–Crippen LogP) is 3.42. The van der Waals surface area contributed by atoms with Gasteiger partial charge in [0.05, 0.1) is 11.7 Å². The molecule has 0 aliphatic heterocycles. The smallest absolute Gasteiger partial charge is 0.165 e. The van der Waals surface area contributed by atoms with Gasteiger partial charge in [0.1, 0.15) is 17.7 Å². The van der Waals surface area contributed by atoms with E-state index in [9.17, 15) is 14.8 Å². The average Bonchev–Trinajstić information content (AvgIpc) is 3.08. The van der Waals surface area contributed by atoms with Crippen molar-refractivity contribution in [2.45, 2.75) is 37.3 Å². The number of pyridine rings is 1. The van der Waals surface area contributed by atoms with Crippen LogP contribution in [0.5, 0.6) is 5.75 Å². The van der Waals surface area contributed by atoms with E-state index in [0.29, 0.717) is 16.3 Å². The Kier molecular flexibility index (Phi) is 5.57. The van der Waals surface area contributed by atoms with Gasteiger partial charge in [-0.1, -0.05) is 12.1 Å². The molecule has 6 heteroatoms. The van der Waals surface area contributed by atoms with Crippen molar-refractivity contribution in [2.24, 2.45) is 0 Å². The van der Waals surface area contributed by atoms with Crippen LogP contribution >= 0.6 is 11.8 Å². The highest BCUT2D eigenvalue weighted by Gasteiger charge is 2.21. The van der Waals surface area contributed by atoms with Crippen LogP contribution < -0.4 is 4.74 Å². The van der Waals surface area contributed by atoms with Gasteiger partial charge in [-0.3, -0.25) is 0 Å². The lowest BCUT2D eigenvalue weighted by Gasteiger charge is -2.14. The van der Waals surface area contributed by atoms with Crippen molar-refractivity contribution in [3.05, 3.63) is 52.5 Å². The lowest BCUT2D eigenvalue weighted by atomic mass is 10.0. The van der Waals surface area contributed by atoms with E-state index in [1.165, 1.54) is 29.5 Å². The molecule has 1 N–H and O–H groups in total. The summed E-state index contributed by atoms with van der Waals surface area (Å²) in [5.74, 6) is -0.00486. The number of hydrogen-bond acceptors (Lipinski definition) is 5. The Morgan fingerprint density at radius 2 is 2.20 bits per heavy atom. The largest absolute Gasteiger partial charge is 0.488 e. The molecule has 0 amide bonds. The number of aromatic nitrogens is 1. The zero-order valence-electron chi connectivity index (χ0n) is 14.0. The molecule has 2 aromatic rings. The molecule has 0 fully saturated rings. The van der Waals surface area contributed by atoms with Crippen molar-refractivity contribution in [1.82, 2.24) is 4.98 Å². The summed E-state index contributed by atoms with van der Waals surface area (Å²) in [6, 6.07) is 8.33. The Morgan fingerprint density at radius 1 is 1.40 bits per heavy atom. The highest BCUT2D eigenvalue weighted by Crippen LogP contribution is 2.32. The van der Waals surface area contributed by atoms with Gasteiger partial charge >= 0.3 is 0 Å². The molecule has 0 saturated heterocycles. The van der Waals surface area contributed by atoms with Crippen molar-refractivity contribution in [1.29, 1.82) is 5.26 Å². The third kappa shape index (κ3) is 3.94. The van der Waals surface area contributed by atoms with Crippen molar-refractivity contribution in [3.63, 3.8) is 0 Å². The monoisotopic (exact) mass is 358 g/mol. The summed E-state index contributed by atoms with van der Waals surface area (Å²) in [7, 11) is 0. The molecule has 25 heavy (non-hydrogen) atoms. The zero-order valence-corrected chi connectivity index (χ0v) is 14.8. The van der Waals surface area contributed by atoms with Crippen LogP contribution in [0.3, 0.4) is 0 Å². The van der Waals surface area contributed by atoms with Crippen LogP contribution in [0.1, 0.15) is 28.8 Å². The van der Waals surface area contributed by atoms with Crippen molar-refractivity contribution in [3.8, 4) is 11.8 Å². The Balaban J connectivity index is 1.63. The SMILES string of the molecule is Cc1c(C#N)c(SCC(O)COc2ccccc2F)nc2c1CCC2. The van der Waals surface area contributed by atoms with E-state index in [4.69, 9.17) is 4.74 Å². The molecule has 1 unspecified atom stereocenters. The molecule has 1 aliphatic carbocycles. The number of nitrogens with zero attached hydrogens (tertiary/aromatic N) is 2. The Labute approximate surface area is 150 Å². The molecule has 1 aromatic carbocycles. The summed E-state index contributed by atoms with van der Waals surface area (Å²) in [5.41, 5.74) is 3.86. The molecule has 4 nitrogen and oxygen atoms in total. The average molecular weight is 358 g/mol. The van der Waals surface area contributed by atoms with Crippen molar-refractivity contribution < 1.29 is 14.2 Å². The number of thioether (sulfide) groups is 1. The number of ether oxygens (including phenoxy) is 1. The fraction of sp³-hybridized carbons (Fsp3) is 0.368. The Hall–Kier alpha value is -2.10. The zero-order chi connectivity index (χ0) is 17.8. The molecule has 0 bridgehead atoms. The molecular weight excluding hydrogens is 339 g/mol. The number of halogens is 1. The number of para-hydroxylation sites is 1. The fourth-order valence-electron chi connectivity index (χ4n) is 2.95. The third-order valence-electron chi connectivity index (χ3n) is 4.26. The molecule has 0 saturated carbocycles. The molecule has 1 aliphatic rings. The van der Waals surface area contributed by atoms with E-state index in [1.807, 2.05) is 6.92 Å². The van der Waals surface area contributed by atoms with E-state index < -0.39 is 11.9 Å². The van der Waals surface area contributed by atoms with Crippen molar-refractivity contribution in [2.75, 3.05) is 12.4 Å². The van der Waals surface area contributed by atoms with Gasteiger partial charge in [0, 0.05) is 11.4 Å². The van der Waals surface area contributed by atoms with E-state index >= 15 is 0 Å². The van der Waals surface area contributed by atoms with Gasteiger partial charge in [-0.15, -0.1) is 11.8 Å². The minimum atomic E-state index is -0.786. The maximum absolute atomic E-state index is 13.5. The molecule has 1 aromatic heterocycles. The molecule has 130 valence electrons. The lowest BCUT2D eigenvalue weighted by molar-refractivity contribution is 0.123. The molecule has 1 atom stereocenters. The van der Waals surface area contributed by atoms with Gasteiger partial charge in [0.25, 0.3) is 0 Å². The topological polar surface area (TPSA) is 66.1 Å². The maximum atomic E-state index is 13.5. The second kappa shape index (κ2) is 7.85. The second-order valence-electron chi connectivity index (χ2n) is 6.01. The van der Waals surface area contributed by atoms with Crippen LogP contribution in [-0.2, 0) is 12.8 Å². The lowest BCUT2D eigenvalue weighted by Crippen LogP contribution is -2.20. The fourth-order valence-corrected chi connectivity index (χ4v) is 3.92. The van der Waals surface area contributed by atoms with Gasteiger partial charge in [-0.2, -0.15) is 5.26 Å². The highest BCUT2D eigenvalue weighted by atomic mass is 32.2. The summed E-state index contributed by atoms with van der Waals surface area (Å²) in [5, 5.41) is 20.2. The molecule has 0 spiro atoms. The molecular formula is C19H19FN2O2S. The summed E-state index contributed by atoms with van der Waals surface area (Å²) >= 11 is 1.34. The number of benzene rings is 1. The molecule has 1 heterocycles. The van der Waals surface area contributed by atoms with Gasteiger partial charge < -0.3 is 9.84 Å². The Bertz CT molecular complexity index is 820. The third-order valence-corrected chi connectivity index (χ3v) is 5.38. The number of fused-ring (bicyclic) bond motifs is 1. The summed E-state index contributed by atoms with van der Waals surface area (Å²) in [6.45, 7) is 1.95. The van der Waals surface area contributed by atoms with Crippen LogP contribution in [0.15, 0.2) is 29.3 Å². The number of hydrogen-bond donors (Lipinski definition) is 1. The summed E-state index contributed by atoms with van der Waals surface area (Å²) in [4.78, 5) is 4.62. The van der Waals surface area contributed by atoms with Crippen LogP contribution in [-0.4, -0.2) is 28.6 Å². The van der Waals surface area contributed by atoms with Gasteiger partial charge in [0.15, 0.2) is 11.6 Å². The number of nitriles is 1. The number of aliphatic hydroxyl groups excluding tert-OH is 1. The summed E-state index contributed by atoms with van der Waals surface area (Å²) < 4.78 is 18.8. The molecule has 0 radical (unpaired) electrons. The minimum absolute atomic E-state index is 0.0141. The quantitative estimate of drug-likeness (QED) is 0.802. The van der Waals surface area contributed by atoms with Crippen LogP contribution in [0.25, 0.3) is 0 Å². The normalized spacial score (nSPS) is 14.0. The summed E-state index contributed by atoms with van der Waals surface area (Å²) in [6.07, 6.45) is 2.20. The first-order valence-corrected chi connectivity index (χ1v) is 9.19. The first kappa shape index (κ1) is 17.7. The highest BCUT2D eigenvalue weighted by molar-refractivity contribution is 7.99. The van der Waals surface area contributed by atoms with E-state index in [-0.39, 0.29) is 12.4 Å². The van der Waals surface area contributed by atoms with E-state index in [0.717, 1.165) is 30.5 Å². The predicted molar refractivity (Wildman–Crippen MR) is 94.3 cm³/mol. The van der Waals surface area contributed by atoms with E-state index in [1.54, 1.807) is 12.1 Å². The molecule has 3 rings (SSSR count). The van der Waals surface area contributed by atoms with Gasteiger partial charge in [-0.05, 0) is 49.4 Å². The number of rotatable bonds is 6. The van der Waals surface area contributed by atoms with Gasteiger partial charge in [0.2, 0.25) is 0 Å². The standard InChI is InChI=1S/C19H19FN2O2S/c1-12-14-5-4-7-17(14)22-19(15(12)9-21)25-11-13(23)10-24-18-8-3-2-6-16(18)20/h2-3,6,8,13,23H,4-5,7,10-11H2,1H3.